The zero-order valence-corrected chi connectivity index (χ0v) is 13.2. The summed E-state index contributed by atoms with van der Waals surface area (Å²) in [5.41, 5.74) is -0.908. The van der Waals surface area contributed by atoms with Crippen LogP contribution in [0.25, 0.3) is 0 Å². The molecule has 0 aliphatic carbocycles. The van der Waals surface area contributed by atoms with Crippen LogP contribution in [0.15, 0.2) is 5.38 Å². The van der Waals surface area contributed by atoms with Gasteiger partial charge in [-0.15, -0.1) is 11.3 Å². The number of urea groups is 1. The molecular weight excluding hydrogens is 319 g/mol. The molecule has 1 heterocycles. The Morgan fingerprint density at radius 3 is 2.64 bits per heavy atom. The molecule has 1 atom stereocenters. The van der Waals surface area contributed by atoms with Crippen molar-refractivity contribution in [1.82, 2.24) is 15.6 Å². The van der Waals surface area contributed by atoms with Crippen LogP contribution in [0, 0.1) is 5.92 Å². The molecule has 5 nitrogen and oxygen atoms in total. The van der Waals surface area contributed by atoms with Crippen LogP contribution in [0.3, 0.4) is 0 Å². The molecule has 3 N–H and O–H groups in total. The van der Waals surface area contributed by atoms with E-state index in [9.17, 15) is 18.0 Å². The number of halogens is 3. The van der Waals surface area contributed by atoms with E-state index in [0.29, 0.717) is 17.3 Å². The highest BCUT2D eigenvalue weighted by Crippen LogP contribution is 2.29. The number of thiazole rings is 1. The third-order valence-corrected chi connectivity index (χ3v) is 3.69. The first-order chi connectivity index (χ1) is 10.2. The van der Waals surface area contributed by atoms with Crippen molar-refractivity contribution < 1.29 is 23.1 Å². The number of nitrogens with zero attached hydrogens (tertiary/aromatic N) is 1. The fourth-order valence-electron chi connectivity index (χ4n) is 1.82. The summed E-state index contributed by atoms with van der Waals surface area (Å²) in [7, 11) is 0. The Hall–Kier alpha value is -1.35. The number of carbonyl (C=O) groups excluding carboxylic acids is 1. The lowest BCUT2D eigenvalue weighted by Crippen LogP contribution is -2.44. The van der Waals surface area contributed by atoms with Crippen molar-refractivity contribution in [1.29, 1.82) is 0 Å². The smallest absolute Gasteiger partial charge is 0.394 e. The average molecular weight is 339 g/mol. The van der Waals surface area contributed by atoms with Crippen molar-refractivity contribution in [3.8, 4) is 0 Å². The van der Waals surface area contributed by atoms with E-state index >= 15 is 0 Å². The van der Waals surface area contributed by atoms with Gasteiger partial charge < -0.3 is 15.7 Å². The van der Waals surface area contributed by atoms with E-state index in [1.54, 1.807) is 0 Å². The fraction of sp³-hybridized carbons (Fsp3) is 0.692. The van der Waals surface area contributed by atoms with Gasteiger partial charge in [-0.05, 0) is 12.3 Å². The van der Waals surface area contributed by atoms with Crippen LogP contribution in [0.4, 0.5) is 18.0 Å². The Morgan fingerprint density at radius 2 is 2.14 bits per heavy atom. The number of carbonyl (C=O) groups is 1. The largest absolute Gasteiger partial charge is 0.434 e. The molecule has 1 rings (SSSR count). The van der Waals surface area contributed by atoms with Crippen molar-refractivity contribution >= 4 is 17.4 Å². The molecule has 0 aliphatic heterocycles. The SMILES string of the molecule is CC(C)CC(CO)NC(=O)NCCc1nc(C(F)(F)F)cs1. The maximum atomic E-state index is 12.4. The summed E-state index contributed by atoms with van der Waals surface area (Å²) in [6.45, 7) is 3.97. The number of hydrogen-bond donors (Lipinski definition) is 3. The van der Waals surface area contributed by atoms with Crippen LogP contribution < -0.4 is 10.6 Å². The number of aliphatic hydroxyl groups excluding tert-OH is 1. The van der Waals surface area contributed by atoms with Crippen LogP contribution in [-0.2, 0) is 12.6 Å². The summed E-state index contributed by atoms with van der Waals surface area (Å²) in [6, 6.07) is -0.788. The Balaban J connectivity index is 2.34. The molecule has 0 bridgehead atoms. The number of hydrogen-bond acceptors (Lipinski definition) is 4. The highest BCUT2D eigenvalue weighted by Gasteiger charge is 2.33. The zero-order chi connectivity index (χ0) is 16.8. The van der Waals surface area contributed by atoms with Crippen LogP contribution >= 0.6 is 11.3 Å². The predicted molar refractivity (Wildman–Crippen MR) is 77.7 cm³/mol. The minimum atomic E-state index is -4.44. The van der Waals surface area contributed by atoms with Crippen molar-refractivity contribution in [2.24, 2.45) is 5.92 Å². The third kappa shape index (κ3) is 6.61. The van der Waals surface area contributed by atoms with Crippen LogP contribution in [0.5, 0.6) is 0 Å². The molecule has 0 radical (unpaired) electrons. The molecule has 22 heavy (non-hydrogen) atoms. The average Bonchev–Trinajstić information content (AvgIpc) is 2.86. The molecule has 0 fully saturated rings. The summed E-state index contributed by atoms with van der Waals surface area (Å²) in [4.78, 5) is 15.1. The van der Waals surface area contributed by atoms with Crippen LogP contribution in [-0.4, -0.2) is 35.3 Å². The Kier molecular flexibility index (Phi) is 7.08. The van der Waals surface area contributed by atoms with Gasteiger partial charge in [-0.3, -0.25) is 0 Å². The number of rotatable bonds is 7. The summed E-state index contributed by atoms with van der Waals surface area (Å²) in [5, 5.41) is 15.6. The highest BCUT2D eigenvalue weighted by atomic mass is 32.1. The van der Waals surface area contributed by atoms with E-state index in [4.69, 9.17) is 5.11 Å². The van der Waals surface area contributed by atoms with E-state index in [-0.39, 0.29) is 25.6 Å². The molecule has 0 spiro atoms. The lowest BCUT2D eigenvalue weighted by atomic mass is 10.0. The maximum Gasteiger partial charge on any atom is 0.434 e. The van der Waals surface area contributed by atoms with Gasteiger partial charge in [0.15, 0.2) is 5.69 Å². The van der Waals surface area contributed by atoms with Crippen molar-refractivity contribution in [3.63, 3.8) is 0 Å². The van der Waals surface area contributed by atoms with Crippen molar-refractivity contribution in [3.05, 3.63) is 16.1 Å². The van der Waals surface area contributed by atoms with Gasteiger partial charge >= 0.3 is 12.2 Å². The third-order valence-electron chi connectivity index (χ3n) is 2.78. The summed E-state index contributed by atoms with van der Waals surface area (Å²) < 4.78 is 37.1. The quantitative estimate of drug-likeness (QED) is 0.714. The molecular formula is C13H20F3N3O2S. The number of nitrogens with one attached hydrogen (secondary N) is 2. The molecule has 0 saturated heterocycles. The molecule has 2 amide bonds. The van der Waals surface area contributed by atoms with E-state index in [0.717, 1.165) is 16.7 Å². The normalized spacial score (nSPS) is 13.2. The second-order valence-electron chi connectivity index (χ2n) is 5.28. The highest BCUT2D eigenvalue weighted by molar-refractivity contribution is 7.09. The van der Waals surface area contributed by atoms with Gasteiger partial charge in [0.2, 0.25) is 0 Å². The van der Waals surface area contributed by atoms with Crippen LogP contribution in [0.1, 0.15) is 31.0 Å². The number of alkyl halides is 3. The summed E-state index contributed by atoms with van der Waals surface area (Å²) in [5.74, 6) is 0.327. The first-order valence-electron chi connectivity index (χ1n) is 6.89. The van der Waals surface area contributed by atoms with Gasteiger partial charge in [0, 0.05) is 18.3 Å². The predicted octanol–water partition coefficient (Wildman–Crippen LogP) is 2.41. The van der Waals surface area contributed by atoms with Gasteiger partial charge in [-0.25, -0.2) is 9.78 Å². The van der Waals surface area contributed by atoms with E-state index in [1.807, 2.05) is 13.8 Å². The van der Waals surface area contributed by atoms with Crippen molar-refractivity contribution in [2.45, 2.75) is 38.9 Å². The van der Waals surface area contributed by atoms with Gasteiger partial charge in [-0.1, -0.05) is 13.8 Å². The topological polar surface area (TPSA) is 74.2 Å². The Bertz CT molecular complexity index is 477. The van der Waals surface area contributed by atoms with Gasteiger partial charge in [0.05, 0.1) is 17.7 Å². The summed E-state index contributed by atoms with van der Waals surface area (Å²) >= 11 is 0.912. The maximum absolute atomic E-state index is 12.4. The minimum absolute atomic E-state index is 0.160. The standard InChI is InChI=1S/C13H20F3N3O2S/c1-8(2)5-9(6-20)18-12(21)17-4-3-11-19-10(7-22-11)13(14,15)16/h7-9,20H,3-6H2,1-2H3,(H2,17,18,21). The monoisotopic (exact) mass is 339 g/mol. The molecule has 1 unspecified atom stereocenters. The van der Waals surface area contributed by atoms with Gasteiger partial charge in [0.25, 0.3) is 0 Å². The van der Waals surface area contributed by atoms with Gasteiger partial charge in [-0.2, -0.15) is 13.2 Å². The summed E-state index contributed by atoms with van der Waals surface area (Å²) in [6.07, 6.45) is -3.57. The van der Waals surface area contributed by atoms with E-state index < -0.39 is 17.9 Å². The molecule has 0 saturated carbocycles. The number of amides is 2. The fourth-order valence-corrected chi connectivity index (χ4v) is 2.63. The number of aromatic nitrogens is 1. The lowest BCUT2D eigenvalue weighted by molar-refractivity contribution is -0.140. The second-order valence-corrected chi connectivity index (χ2v) is 6.23. The van der Waals surface area contributed by atoms with Crippen molar-refractivity contribution in [2.75, 3.05) is 13.2 Å². The second kappa shape index (κ2) is 8.33. The minimum Gasteiger partial charge on any atom is -0.394 e. The lowest BCUT2D eigenvalue weighted by Gasteiger charge is -2.18. The van der Waals surface area contributed by atoms with Crippen LogP contribution in [0.2, 0.25) is 0 Å². The molecule has 0 aliphatic rings. The molecule has 9 heteroatoms. The van der Waals surface area contributed by atoms with E-state index in [2.05, 4.69) is 15.6 Å². The Labute approximate surface area is 130 Å². The van der Waals surface area contributed by atoms with E-state index in [1.165, 1.54) is 0 Å². The zero-order valence-electron chi connectivity index (χ0n) is 12.4. The number of aliphatic hydroxyl groups is 1. The first kappa shape index (κ1) is 18.7. The Morgan fingerprint density at radius 1 is 1.45 bits per heavy atom. The molecule has 1 aromatic rings. The molecule has 0 aromatic carbocycles. The molecule has 126 valence electrons. The first-order valence-corrected chi connectivity index (χ1v) is 7.77. The van der Waals surface area contributed by atoms with Gasteiger partial charge in [0.1, 0.15) is 0 Å². The molecule has 1 aromatic heterocycles.